The minimum absolute atomic E-state index is 0. The van der Waals surface area contributed by atoms with Gasteiger partial charge in [-0.25, -0.2) is 9.59 Å². The molecule has 0 saturated carbocycles. The Kier molecular flexibility index (Phi) is 39.1. The number of fused-ring (bicyclic) bond motifs is 1. The molecule has 0 aromatic heterocycles. The van der Waals surface area contributed by atoms with Gasteiger partial charge in [0.15, 0.2) is 0 Å². The molecular formula is C44H70CuO7. The van der Waals surface area contributed by atoms with Crippen molar-refractivity contribution in [2.45, 2.75) is 194 Å². The molecule has 8 heteroatoms. The van der Waals surface area contributed by atoms with Gasteiger partial charge in [0, 0.05) is 11.9 Å². The van der Waals surface area contributed by atoms with Crippen LogP contribution in [0, 0.1) is 0 Å². The predicted molar refractivity (Wildman–Crippen MR) is 205 cm³/mol. The molecule has 299 valence electrons. The summed E-state index contributed by atoms with van der Waals surface area (Å²) in [4.78, 5) is 42.1. The molecule has 1 heterocycles. The number of carboxylic acids is 2. The molecule has 0 unspecified atom stereocenters. The number of ether oxygens (including phenoxy) is 1. The van der Waals surface area contributed by atoms with Gasteiger partial charge in [-0.2, -0.15) is 0 Å². The van der Waals surface area contributed by atoms with Crippen LogP contribution in [0.4, 0.5) is 0 Å². The number of benzene rings is 1. The van der Waals surface area contributed by atoms with Crippen molar-refractivity contribution in [2.75, 3.05) is 0 Å². The van der Waals surface area contributed by atoms with E-state index in [4.69, 9.17) is 0 Å². The third-order valence-corrected chi connectivity index (χ3v) is 8.84. The molecule has 1 radical (unpaired) electrons. The number of unbranched alkanes of at least 4 members (excludes halogenated alkanes) is 22. The summed E-state index contributed by atoms with van der Waals surface area (Å²) < 4.78 is 4.35. The van der Waals surface area contributed by atoms with E-state index in [2.05, 4.69) is 42.9 Å². The van der Waals surface area contributed by atoms with Crippen molar-refractivity contribution in [1.29, 1.82) is 0 Å². The number of esters is 2. The van der Waals surface area contributed by atoms with Gasteiger partial charge in [-0.3, -0.25) is 0 Å². The fourth-order valence-electron chi connectivity index (χ4n) is 5.71. The number of carbonyl (C=O) groups excluding carboxylic acids is 4. The van der Waals surface area contributed by atoms with Crippen LogP contribution in [-0.2, 0) is 31.4 Å². The molecule has 0 N–H and O–H groups in total. The Morgan fingerprint density at radius 1 is 0.481 bits per heavy atom. The number of aliphatic carboxylic acids is 2. The quantitative estimate of drug-likeness (QED) is 0.0251. The monoisotopic (exact) mass is 773 g/mol. The van der Waals surface area contributed by atoms with Crippen LogP contribution in [-0.4, -0.2) is 23.9 Å². The first kappa shape index (κ1) is 51.4. The molecule has 2 rings (SSSR count). The third-order valence-electron chi connectivity index (χ3n) is 8.84. The van der Waals surface area contributed by atoms with Crippen LogP contribution in [0.2, 0.25) is 0 Å². The van der Waals surface area contributed by atoms with Gasteiger partial charge >= 0.3 is 29.0 Å². The zero-order valence-corrected chi connectivity index (χ0v) is 33.5. The van der Waals surface area contributed by atoms with Crippen LogP contribution >= 0.6 is 0 Å². The van der Waals surface area contributed by atoms with Gasteiger partial charge in [-0.1, -0.05) is 153 Å². The van der Waals surface area contributed by atoms with Crippen LogP contribution in [0.5, 0.6) is 0 Å². The average molecular weight is 775 g/mol. The van der Waals surface area contributed by atoms with E-state index in [0.717, 1.165) is 38.5 Å². The Morgan fingerprint density at radius 3 is 1.04 bits per heavy atom. The number of rotatable bonds is 30. The molecule has 7 nitrogen and oxygen atoms in total. The fourth-order valence-corrected chi connectivity index (χ4v) is 5.71. The Hall–Kier alpha value is -2.70. The Bertz CT molecular complexity index is 999. The molecule has 0 amide bonds. The van der Waals surface area contributed by atoms with Gasteiger partial charge in [-0.05, 0) is 89.2 Å². The van der Waals surface area contributed by atoms with E-state index in [1.807, 2.05) is 0 Å². The Balaban J connectivity index is 0. The molecule has 1 aliphatic rings. The summed E-state index contributed by atoms with van der Waals surface area (Å²) >= 11 is 0. The molecule has 1 aromatic carbocycles. The van der Waals surface area contributed by atoms with Crippen molar-refractivity contribution in [2.24, 2.45) is 0 Å². The molecule has 0 aliphatic carbocycles. The van der Waals surface area contributed by atoms with E-state index < -0.39 is 23.9 Å². The summed E-state index contributed by atoms with van der Waals surface area (Å²) in [6.07, 6.45) is 41.8. The second-order valence-corrected chi connectivity index (χ2v) is 13.6. The number of carboxylic acid groups (broad SMARTS) is 2. The minimum atomic E-state index is -0.914. The van der Waals surface area contributed by atoms with Crippen molar-refractivity contribution in [1.82, 2.24) is 0 Å². The van der Waals surface area contributed by atoms with Gasteiger partial charge in [0.05, 0.1) is 11.1 Å². The molecule has 1 aromatic rings. The van der Waals surface area contributed by atoms with Crippen molar-refractivity contribution >= 4 is 23.9 Å². The summed E-state index contributed by atoms with van der Waals surface area (Å²) in [6, 6.07) is 6.53. The zero-order chi connectivity index (χ0) is 37.6. The summed E-state index contributed by atoms with van der Waals surface area (Å²) in [5.74, 6) is -2.93. The van der Waals surface area contributed by atoms with Gasteiger partial charge in [0.25, 0.3) is 0 Å². The number of allylic oxidation sites excluding steroid dienone is 4. The van der Waals surface area contributed by atoms with Crippen LogP contribution in [0.15, 0.2) is 48.6 Å². The van der Waals surface area contributed by atoms with Crippen molar-refractivity contribution in [3.8, 4) is 0 Å². The zero-order valence-electron chi connectivity index (χ0n) is 32.6. The SMILES string of the molecule is CCCCCCCC/C=C\CCCCCCCC(=O)[O-].CCCCCCCC/C=C\CCCCCCCC(=O)[O-].O=C1OC(=O)c2ccccc21.[Cu+2]. The third kappa shape index (κ3) is 34.4. The van der Waals surface area contributed by atoms with E-state index >= 15 is 0 Å². The summed E-state index contributed by atoms with van der Waals surface area (Å²) in [6.45, 7) is 4.51. The predicted octanol–water partition coefficient (Wildman–Crippen LogP) is 10.5. The van der Waals surface area contributed by atoms with Crippen LogP contribution in [0.1, 0.15) is 214 Å². The molecule has 52 heavy (non-hydrogen) atoms. The number of carbonyl (C=O) groups is 4. The minimum Gasteiger partial charge on any atom is -0.550 e. The molecule has 1 aliphatic heterocycles. The normalized spacial score (nSPS) is 11.7. The van der Waals surface area contributed by atoms with Crippen LogP contribution < -0.4 is 10.2 Å². The van der Waals surface area contributed by atoms with Crippen molar-refractivity contribution < 1.29 is 51.2 Å². The summed E-state index contributed by atoms with van der Waals surface area (Å²) in [5.41, 5.74) is 0.718. The maximum Gasteiger partial charge on any atom is 2.00 e. The first-order chi connectivity index (χ1) is 24.8. The van der Waals surface area contributed by atoms with Gasteiger partial charge in [-0.15, -0.1) is 0 Å². The maximum absolute atomic E-state index is 10.8. The Morgan fingerprint density at radius 2 is 0.750 bits per heavy atom. The molecule has 0 spiro atoms. The van der Waals surface area contributed by atoms with Crippen LogP contribution in [0.25, 0.3) is 0 Å². The second kappa shape index (κ2) is 39.5. The maximum atomic E-state index is 10.8. The van der Waals surface area contributed by atoms with Gasteiger partial charge < -0.3 is 24.5 Å². The summed E-state index contributed by atoms with van der Waals surface area (Å²) in [5, 5.41) is 20.4. The van der Waals surface area contributed by atoms with E-state index in [-0.39, 0.29) is 29.9 Å². The van der Waals surface area contributed by atoms with Crippen LogP contribution in [0.3, 0.4) is 0 Å². The van der Waals surface area contributed by atoms with E-state index in [1.165, 1.54) is 128 Å². The summed E-state index contributed by atoms with van der Waals surface area (Å²) in [7, 11) is 0. The smallest absolute Gasteiger partial charge is 0.550 e. The Labute approximate surface area is 327 Å². The van der Waals surface area contributed by atoms with Gasteiger partial charge in [0.2, 0.25) is 0 Å². The fraction of sp³-hybridized carbons (Fsp3) is 0.682. The molecule has 0 saturated heterocycles. The molecule has 0 bridgehead atoms. The molecule has 0 fully saturated rings. The van der Waals surface area contributed by atoms with E-state index in [9.17, 15) is 29.4 Å². The average Bonchev–Trinajstić information content (AvgIpc) is 3.41. The topological polar surface area (TPSA) is 124 Å². The largest absolute Gasteiger partial charge is 2.00 e. The molecular weight excluding hydrogens is 704 g/mol. The van der Waals surface area contributed by atoms with Crippen molar-refractivity contribution in [3.63, 3.8) is 0 Å². The first-order valence-corrected chi connectivity index (χ1v) is 20.4. The van der Waals surface area contributed by atoms with Gasteiger partial charge in [0.1, 0.15) is 0 Å². The van der Waals surface area contributed by atoms with E-state index in [0.29, 0.717) is 11.1 Å². The number of cyclic esters (lactones) is 2. The first-order valence-electron chi connectivity index (χ1n) is 20.4. The second-order valence-electron chi connectivity index (χ2n) is 13.6. The van der Waals surface area contributed by atoms with E-state index in [1.54, 1.807) is 24.3 Å². The van der Waals surface area contributed by atoms with Crippen molar-refractivity contribution in [3.05, 3.63) is 59.7 Å². The number of hydrogen-bond donors (Lipinski definition) is 0. The molecule has 0 atom stereocenters. The standard InChI is InChI=1S/2C18H34O2.C8H4O3.Cu/c2*1-2-3-4-5-6-7-8-9-10-11-12-13-14-15-16-17-18(19)20;9-7-5-3-1-2-4-6(5)8(10)11-7;/h2*9-10H,2-8,11-17H2,1H3,(H,19,20);1-4H;/q;;;+2/p-2/b2*10-9-;;. The number of hydrogen-bond acceptors (Lipinski definition) is 7.